The summed E-state index contributed by atoms with van der Waals surface area (Å²) in [6.45, 7) is 2.51. The van der Waals surface area contributed by atoms with Crippen LogP contribution >= 0.6 is 0 Å². The number of amides is 2. The van der Waals surface area contributed by atoms with Gasteiger partial charge in [-0.2, -0.15) is 0 Å². The van der Waals surface area contributed by atoms with Crippen molar-refractivity contribution in [1.29, 1.82) is 0 Å². The predicted octanol–water partition coefficient (Wildman–Crippen LogP) is 3.77. The average Bonchev–Trinajstić information content (AvgIpc) is 2.55. The maximum absolute atomic E-state index is 12.9. The predicted molar refractivity (Wildman–Crippen MR) is 86.1 cm³/mol. The van der Waals surface area contributed by atoms with E-state index in [1.807, 2.05) is 37.3 Å². The van der Waals surface area contributed by atoms with Gasteiger partial charge >= 0.3 is 6.03 Å². The van der Waals surface area contributed by atoms with Gasteiger partial charge in [0.2, 0.25) is 0 Å². The maximum Gasteiger partial charge on any atom is 0.317 e. The third kappa shape index (κ3) is 4.32. The van der Waals surface area contributed by atoms with E-state index < -0.39 is 0 Å². The molecule has 2 amide bonds. The van der Waals surface area contributed by atoms with Gasteiger partial charge in [-0.05, 0) is 36.6 Å². The Morgan fingerprint density at radius 1 is 1.14 bits per heavy atom. The van der Waals surface area contributed by atoms with Gasteiger partial charge in [-0.3, -0.25) is 0 Å². The highest BCUT2D eigenvalue weighted by Crippen LogP contribution is 2.18. The van der Waals surface area contributed by atoms with Crippen LogP contribution < -0.4 is 5.32 Å². The van der Waals surface area contributed by atoms with Crippen LogP contribution in [0.15, 0.2) is 54.6 Å². The lowest BCUT2D eigenvalue weighted by Crippen LogP contribution is -2.39. The standard InChI is InChI=1S/C18H21FN2O/c1-14(16-8-10-17(19)11-9-16)21(2)18(22)20-13-12-15-6-4-3-5-7-15/h3-11,14H,12-13H2,1-2H3,(H,20,22). The van der Waals surface area contributed by atoms with Crippen LogP contribution in [0.1, 0.15) is 24.1 Å². The van der Waals surface area contributed by atoms with Crippen molar-refractivity contribution in [3.05, 3.63) is 71.5 Å². The second kappa shape index (κ2) is 7.59. The lowest BCUT2D eigenvalue weighted by molar-refractivity contribution is 0.194. The Hall–Kier alpha value is -2.36. The van der Waals surface area contributed by atoms with Crippen LogP contribution in [0.3, 0.4) is 0 Å². The molecule has 116 valence electrons. The second-order valence-electron chi connectivity index (χ2n) is 5.31. The molecule has 0 bridgehead atoms. The molecular weight excluding hydrogens is 279 g/mol. The van der Waals surface area contributed by atoms with E-state index in [0.29, 0.717) is 6.54 Å². The van der Waals surface area contributed by atoms with Gasteiger partial charge < -0.3 is 10.2 Å². The monoisotopic (exact) mass is 300 g/mol. The minimum absolute atomic E-state index is 0.114. The van der Waals surface area contributed by atoms with Gasteiger partial charge in [0, 0.05) is 13.6 Å². The molecule has 0 radical (unpaired) electrons. The number of hydrogen-bond donors (Lipinski definition) is 1. The third-order valence-corrected chi connectivity index (χ3v) is 3.79. The van der Waals surface area contributed by atoms with Crippen LogP contribution in [0.4, 0.5) is 9.18 Å². The number of hydrogen-bond acceptors (Lipinski definition) is 1. The van der Waals surface area contributed by atoms with Gasteiger partial charge in [0.05, 0.1) is 6.04 Å². The highest BCUT2D eigenvalue weighted by atomic mass is 19.1. The number of rotatable bonds is 5. The molecule has 2 aromatic carbocycles. The first kappa shape index (κ1) is 16.0. The average molecular weight is 300 g/mol. The molecular formula is C18H21FN2O. The van der Waals surface area contributed by atoms with Crippen LogP contribution in [-0.4, -0.2) is 24.5 Å². The molecule has 0 aliphatic rings. The van der Waals surface area contributed by atoms with E-state index >= 15 is 0 Å². The fourth-order valence-electron chi connectivity index (χ4n) is 2.22. The van der Waals surface area contributed by atoms with E-state index in [9.17, 15) is 9.18 Å². The summed E-state index contributed by atoms with van der Waals surface area (Å²) in [6.07, 6.45) is 0.797. The molecule has 1 N–H and O–H groups in total. The molecule has 0 aliphatic carbocycles. The number of nitrogens with zero attached hydrogens (tertiary/aromatic N) is 1. The summed E-state index contributed by atoms with van der Waals surface area (Å²) in [7, 11) is 1.74. The Morgan fingerprint density at radius 2 is 1.77 bits per heavy atom. The highest BCUT2D eigenvalue weighted by Gasteiger charge is 2.16. The zero-order valence-electron chi connectivity index (χ0n) is 12.9. The lowest BCUT2D eigenvalue weighted by atomic mass is 10.1. The summed E-state index contributed by atoms with van der Waals surface area (Å²) < 4.78 is 12.9. The summed E-state index contributed by atoms with van der Waals surface area (Å²) in [5.41, 5.74) is 2.10. The van der Waals surface area contributed by atoms with Crippen molar-refractivity contribution in [3.63, 3.8) is 0 Å². The van der Waals surface area contributed by atoms with Crippen molar-refractivity contribution in [2.45, 2.75) is 19.4 Å². The molecule has 3 nitrogen and oxygen atoms in total. The fraction of sp³-hybridized carbons (Fsp3) is 0.278. The number of carbonyl (C=O) groups is 1. The Balaban J connectivity index is 1.84. The Kier molecular flexibility index (Phi) is 5.53. The molecule has 0 aliphatic heterocycles. The van der Waals surface area contributed by atoms with Crippen molar-refractivity contribution >= 4 is 6.03 Å². The molecule has 0 fully saturated rings. The molecule has 1 unspecified atom stereocenters. The second-order valence-corrected chi connectivity index (χ2v) is 5.31. The largest absolute Gasteiger partial charge is 0.338 e. The van der Waals surface area contributed by atoms with Gasteiger partial charge in [-0.1, -0.05) is 42.5 Å². The first-order valence-electron chi connectivity index (χ1n) is 7.38. The summed E-state index contributed by atoms with van der Waals surface area (Å²) in [5.74, 6) is -0.272. The molecule has 4 heteroatoms. The van der Waals surface area contributed by atoms with Crippen LogP contribution in [0, 0.1) is 5.82 Å². The van der Waals surface area contributed by atoms with Crippen LogP contribution in [-0.2, 0) is 6.42 Å². The van der Waals surface area contributed by atoms with Crippen molar-refractivity contribution in [3.8, 4) is 0 Å². The van der Waals surface area contributed by atoms with Crippen molar-refractivity contribution in [1.82, 2.24) is 10.2 Å². The molecule has 2 aromatic rings. The summed E-state index contributed by atoms with van der Waals surface area (Å²) in [6, 6.07) is 16.0. The van der Waals surface area contributed by atoms with Gasteiger partial charge in [0.1, 0.15) is 5.82 Å². The molecule has 22 heavy (non-hydrogen) atoms. The molecule has 0 aromatic heterocycles. The molecule has 0 saturated carbocycles. The quantitative estimate of drug-likeness (QED) is 0.895. The third-order valence-electron chi connectivity index (χ3n) is 3.79. The number of carbonyl (C=O) groups excluding carboxylic acids is 1. The molecule has 1 atom stereocenters. The lowest BCUT2D eigenvalue weighted by Gasteiger charge is -2.25. The van der Waals surface area contributed by atoms with Crippen molar-refractivity contribution in [2.24, 2.45) is 0 Å². The molecule has 0 spiro atoms. The van der Waals surface area contributed by atoms with E-state index in [1.165, 1.54) is 17.7 Å². The highest BCUT2D eigenvalue weighted by molar-refractivity contribution is 5.74. The zero-order valence-corrected chi connectivity index (χ0v) is 12.9. The topological polar surface area (TPSA) is 32.3 Å². The minimum atomic E-state index is -0.272. The number of halogens is 1. The van der Waals surface area contributed by atoms with Crippen LogP contribution in [0.5, 0.6) is 0 Å². The smallest absolute Gasteiger partial charge is 0.317 e. The van der Waals surface area contributed by atoms with Gasteiger partial charge in [0.25, 0.3) is 0 Å². The molecule has 0 heterocycles. The first-order valence-corrected chi connectivity index (χ1v) is 7.38. The fourth-order valence-corrected chi connectivity index (χ4v) is 2.22. The normalized spacial score (nSPS) is 11.8. The number of nitrogens with one attached hydrogen (secondary N) is 1. The zero-order chi connectivity index (χ0) is 15.9. The molecule has 2 rings (SSSR count). The van der Waals surface area contributed by atoms with Gasteiger partial charge in [-0.15, -0.1) is 0 Å². The van der Waals surface area contributed by atoms with Crippen LogP contribution in [0.25, 0.3) is 0 Å². The summed E-state index contributed by atoms with van der Waals surface area (Å²) >= 11 is 0. The van der Waals surface area contributed by atoms with Crippen molar-refractivity contribution < 1.29 is 9.18 Å². The first-order chi connectivity index (χ1) is 10.6. The Morgan fingerprint density at radius 3 is 2.41 bits per heavy atom. The Bertz CT molecular complexity index is 598. The van der Waals surface area contributed by atoms with E-state index in [-0.39, 0.29) is 17.9 Å². The number of urea groups is 1. The van der Waals surface area contributed by atoms with E-state index in [0.717, 1.165) is 12.0 Å². The molecule has 0 saturated heterocycles. The van der Waals surface area contributed by atoms with Gasteiger partial charge in [0.15, 0.2) is 0 Å². The SMILES string of the molecule is CC(c1ccc(F)cc1)N(C)C(=O)NCCc1ccccc1. The van der Waals surface area contributed by atoms with E-state index in [2.05, 4.69) is 5.32 Å². The van der Waals surface area contributed by atoms with Crippen LogP contribution in [0.2, 0.25) is 0 Å². The Labute approximate surface area is 130 Å². The van der Waals surface area contributed by atoms with Gasteiger partial charge in [-0.25, -0.2) is 9.18 Å². The summed E-state index contributed by atoms with van der Waals surface area (Å²) in [4.78, 5) is 13.8. The minimum Gasteiger partial charge on any atom is -0.338 e. The maximum atomic E-state index is 12.9. The van der Waals surface area contributed by atoms with E-state index in [4.69, 9.17) is 0 Å². The summed E-state index contributed by atoms with van der Waals surface area (Å²) in [5, 5.41) is 2.91. The number of benzene rings is 2. The van der Waals surface area contributed by atoms with E-state index in [1.54, 1.807) is 24.1 Å². The van der Waals surface area contributed by atoms with Crippen molar-refractivity contribution in [2.75, 3.05) is 13.6 Å².